The summed E-state index contributed by atoms with van der Waals surface area (Å²) in [6.45, 7) is 6.07. The highest BCUT2D eigenvalue weighted by atomic mass is 15.1. The average Bonchev–Trinajstić information content (AvgIpc) is 1.89. The van der Waals surface area contributed by atoms with E-state index in [1.54, 1.807) is 6.20 Å². The molecular formula is C7H14N2. The molecule has 0 saturated carbocycles. The minimum absolute atomic E-state index is 0.362. The molecular weight excluding hydrogens is 112 g/mol. The van der Waals surface area contributed by atoms with Gasteiger partial charge >= 0.3 is 0 Å². The molecule has 0 aromatic rings. The van der Waals surface area contributed by atoms with E-state index in [-0.39, 0.29) is 0 Å². The molecule has 0 amide bonds. The molecule has 0 N–H and O–H groups in total. The standard InChI is InChI=1S/C7H14N2/c1-4-6-8-9-7(3)5-2/h4,6-7H,5H2,1-3H3/b6-4-,9-8-. The number of allylic oxidation sites excluding steroid dienone is 1. The Labute approximate surface area is 56.7 Å². The summed E-state index contributed by atoms with van der Waals surface area (Å²) in [6.07, 6.45) is 4.62. The number of nitrogens with zero attached hydrogens (tertiary/aromatic N) is 2. The van der Waals surface area contributed by atoms with Crippen LogP contribution in [-0.2, 0) is 0 Å². The summed E-state index contributed by atoms with van der Waals surface area (Å²) in [5.41, 5.74) is 0. The van der Waals surface area contributed by atoms with E-state index in [0.717, 1.165) is 6.42 Å². The zero-order valence-electron chi connectivity index (χ0n) is 6.33. The fourth-order valence-electron chi connectivity index (χ4n) is 0.301. The molecule has 1 atom stereocenters. The molecule has 0 aliphatic heterocycles. The van der Waals surface area contributed by atoms with E-state index in [1.807, 2.05) is 19.9 Å². The second kappa shape index (κ2) is 5.48. The number of hydrogen-bond donors (Lipinski definition) is 0. The van der Waals surface area contributed by atoms with Gasteiger partial charge in [-0.2, -0.15) is 10.2 Å². The summed E-state index contributed by atoms with van der Waals surface area (Å²) in [5.74, 6) is 0. The molecule has 0 bridgehead atoms. The first-order chi connectivity index (χ1) is 4.31. The van der Waals surface area contributed by atoms with E-state index in [0.29, 0.717) is 6.04 Å². The quantitative estimate of drug-likeness (QED) is 0.519. The van der Waals surface area contributed by atoms with Crippen LogP contribution in [-0.4, -0.2) is 6.04 Å². The Morgan fingerprint density at radius 3 is 2.67 bits per heavy atom. The van der Waals surface area contributed by atoms with Crippen LogP contribution in [0.1, 0.15) is 27.2 Å². The zero-order chi connectivity index (χ0) is 7.11. The minimum atomic E-state index is 0.362. The fourth-order valence-corrected chi connectivity index (χ4v) is 0.301. The molecule has 2 heteroatoms. The van der Waals surface area contributed by atoms with Gasteiger partial charge in [-0.15, -0.1) is 0 Å². The zero-order valence-corrected chi connectivity index (χ0v) is 6.33. The van der Waals surface area contributed by atoms with Gasteiger partial charge in [0.15, 0.2) is 0 Å². The summed E-state index contributed by atoms with van der Waals surface area (Å²) < 4.78 is 0. The van der Waals surface area contributed by atoms with Crippen molar-refractivity contribution in [2.24, 2.45) is 10.2 Å². The van der Waals surface area contributed by atoms with Crippen molar-refractivity contribution < 1.29 is 0 Å². The van der Waals surface area contributed by atoms with Crippen LogP contribution in [0.25, 0.3) is 0 Å². The first-order valence-corrected chi connectivity index (χ1v) is 3.32. The summed E-state index contributed by atoms with van der Waals surface area (Å²) >= 11 is 0. The Morgan fingerprint density at radius 2 is 2.22 bits per heavy atom. The second-order valence-corrected chi connectivity index (χ2v) is 1.97. The van der Waals surface area contributed by atoms with Gasteiger partial charge in [0.25, 0.3) is 0 Å². The minimum Gasteiger partial charge on any atom is -0.186 e. The van der Waals surface area contributed by atoms with Gasteiger partial charge in [-0.3, -0.25) is 0 Å². The van der Waals surface area contributed by atoms with E-state index in [4.69, 9.17) is 0 Å². The smallest absolute Gasteiger partial charge is 0.0681 e. The Hall–Kier alpha value is -0.660. The predicted octanol–water partition coefficient (Wildman–Crippen LogP) is 2.77. The van der Waals surface area contributed by atoms with Gasteiger partial charge in [-0.05, 0) is 20.3 Å². The fraction of sp³-hybridized carbons (Fsp3) is 0.714. The molecule has 9 heavy (non-hydrogen) atoms. The first kappa shape index (κ1) is 8.34. The molecule has 0 saturated heterocycles. The van der Waals surface area contributed by atoms with Crippen molar-refractivity contribution in [1.29, 1.82) is 0 Å². The second-order valence-electron chi connectivity index (χ2n) is 1.97. The van der Waals surface area contributed by atoms with Crippen LogP contribution >= 0.6 is 0 Å². The largest absolute Gasteiger partial charge is 0.186 e. The summed E-state index contributed by atoms with van der Waals surface area (Å²) in [5, 5.41) is 7.78. The van der Waals surface area contributed by atoms with Crippen molar-refractivity contribution in [2.45, 2.75) is 33.2 Å². The molecule has 0 radical (unpaired) electrons. The van der Waals surface area contributed by atoms with Gasteiger partial charge in [0.2, 0.25) is 0 Å². The number of azo groups is 1. The maximum absolute atomic E-state index is 3.97. The maximum Gasteiger partial charge on any atom is 0.0681 e. The average molecular weight is 126 g/mol. The highest BCUT2D eigenvalue weighted by molar-refractivity contribution is 4.72. The van der Waals surface area contributed by atoms with Crippen LogP contribution in [0, 0.1) is 0 Å². The Balaban J connectivity index is 3.43. The van der Waals surface area contributed by atoms with E-state index in [2.05, 4.69) is 17.2 Å². The molecule has 0 aromatic carbocycles. The first-order valence-electron chi connectivity index (χ1n) is 3.32. The summed E-state index contributed by atoms with van der Waals surface area (Å²) in [7, 11) is 0. The van der Waals surface area contributed by atoms with E-state index < -0.39 is 0 Å². The van der Waals surface area contributed by atoms with Crippen molar-refractivity contribution in [3.05, 3.63) is 12.3 Å². The van der Waals surface area contributed by atoms with Crippen LogP contribution in [0.4, 0.5) is 0 Å². The number of rotatable bonds is 3. The lowest BCUT2D eigenvalue weighted by atomic mass is 10.3. The van der Waals surface area contributed by atoms with Crippen molar-refractivity contribution in [3.8, 4) is 0 Å². The SMILES string of the molecule is C/C=C\N=N/C(C)CC. The topological polar surface area (TPSA) is 24.7 Å². The van der Waals surface area contributed by atoms with Crippen molar-refractivity contribution in [2.75, 3.05) is 0 Å². The third-order valence-corrected chi connectivity index (χ3v) is 1.07. The van der Waals surface area contributed by atoms with E-state index in [9.17, 15) is 0 Å². The van der Waals surface area contributed by atoms with Gasteiger partial charge in [-0.1, -0.05) is 13.0 Å². The van der Waals surface area contributed by atoms with Crippen LogP contribution in [0.3, 0.4) is 0 Å². The van der Waals surface area contributed by atoms with Gasteiger partial charge in [0, 0.05) is 6.20 Å². The molecule has 0 fully saturated rings. The molecule has 0 aliphatic carbocycles. The van der Waals surface area contributed by atoms with Crippen LogP contribution in [0.15, 0.2) is 22.5 Å². The maximum atomic E-state index is 3.97. The third-order valence-electron chi connectivity index (χ3n) is 1.07. The molecule has 0 aromatic heterocycles. The van der Waals surface area contributed by atoms with Crippen molar-refractivity contribution in [1.82, 2.24) is 0 Å². The predicted molar refractivity (Wildman–Crippen MR) is 39.4 cm³/mol. The molecule has 1 unspecified atom stereocenters. The number of hydrogen-bond acceptors (Lipinski definition) is 2. The molecule has 0 rings (SSSR count). The third kappa shape index (κ3) is 5.21. The van der Waals surface area contributed by atoms with Crippen LogP contribution < -0.4 is 0 Å². The summed E-state index contributed by atoms with van der Waals surface area (Å²) in [6, 6.07) is 0.362. The molecule has 52 valence electrons. The Bertz CT molecular complexity index is 105. The lowest BCUT2D eigenvalue weighted by Crippen LogP contribution is -1.90. The van der Waals surface area contributed by atoms with E-state index >= 15 is 0 Å². The summed E-state index contributed by atoms with van der Waals surface area (Å²) in [4.78, 5) is 0. The Kier molecular flexibility index (Phi) is 5.07. The monoisotopic (exact) mass is 126 g/mol. The molecule has 0 spiro atoms. The molecule has 0 aliphatic rings. The van der Waals surface area contributed by atoms with Crippen LogP contribution in [0.5, 0.6) is 0 Å². The van der Waals surface area contributed by atoms with Crippen molar-refractivity contribution in [3.63, 3.8) is 0 Å². The van der Waals surface area contributed by atoms with Gasteiger partial charge in [0.1, 0.15) is 0 Å². The lowest BCUT2D eigenvalue weighted by molar-refractivity contribution is 0.679. The Morgan fingerprint density at radius 1 is 1.56 bits per heavy atom. The molecule has 0 heterocycles. The van der Waals surface area contributed by atoms with Gasteiger partial charge in [0.05, 0.1) is 6.04 Å². The van der Waals surface area contributed by atoms with Crippen LogP contribution in [0.2, 0.25) is 0 Å². The van der Waals surface area contributed by atoms with Gasteiger partial charge in [-0.25, -0.2) is 0 Å². The lowest BCUT2D eigenvalue weighted by Gasteiger charge is -1.94. The highest BCUT2D eigenvalue weighted by Gasteiger charge is 1.89. The van der Waals surface area contributed by atoms with E-state index in [1.165, 1.54) is 0 Å². The normalized spacial score (nSPS) is 15.4. The molecule has 2 nitrogen and oxygen atoms in total. The highest BCUT2D eigenvalue weighted by Crippen LogP contribution is 1.95. The van der Waals surface area contributed by atoms with Gasteiger partial charge < -0.3 is 0 Å². The van der Waals surface area contributed by atoms with Crippen molar-refractivity contribution >= 4 is 0 Å².